The molecule has 1 aromatic carbocycles. The average Bonchev–Trinajstić information content (AvgIpc) is 2.44. The van der Waals surface area contributed by atoms with Crippen LogP contribution in [0, 0.1) is 0 Å². The molecule has 0 unspecified atom stereocenters. The zero-order chi connectivity index (χ0) is 13.8. The van der Waals surface area contributed by atoms with Gasteiger partial charge in [-0.15, -0.1) is 0 Å². The molecule has 0 saturated carbocycles. The molecule has 5 heteroatoms. The van der Waals surface area contributed by atoms with Gasteiger partial charge in [-0.1, -0.05) is 0 Å². The molecule has 1 aliphatic heterocycles. The first kappa shape index (κ1) is 13.5. The standard InChI is InChI=1S/C14H18N2O3/c1-3-16-11-8-10(12(17)6-7-15-2)4-5-13(11)19-9-14(16)18/h4-5,8,15H,3,6-7,9H2,1-2H3. The number of amides is 1. The Labute approximate surface area is 112 Å². The Kier molecular flexibility index (Phi) is 4.16. The minimum Gasteiger partial charge on any atom is -0.482 e. The van der Waals surface area contributed by atoms with Crippen molar-refractivity contribution in [3.05, 3.63) is 23.8 Å². The second-order valence-corrected chi connectivity index (χ2v) is 4.39. The molecule has 0 fully saturated rings. The van der Waals surface area contributed by atoms with E-state index in [4.69, 9.17) is 4.74 Å². The summed E-state index contributed by atoms with van der Waals surface area (Å²) >= 11 is 0. The Morgan fingerprint density at radius 1 is 1.47 bits per heavy atom. The Morgan fingerprint density at radius 2 is 2.26 bits per heavy atom. The van der Waals surface area contributed by atoms with E-state index in [1.54, 1.807) is 23.1 Å². The van der Waals surface area contributed by atoms with E-state index in [0.29, 0.717) is 36.5 Å². The van der Waals surface area contributed by atoms with Crippen LogP contribution in [0.15, 0.2) is 18.2 Å². The first-order valence-electron chi connectivity index (χ1n) is 6.42. The van der Waals surface area contributed by atoms with Gasteiger partial charge >= 0.3 is 0 Å². The lowest BCUT2D eigenvalue weighted by Gasteiger charge is -2.28. The Hall–Kier alpha value is -1.88. The highest BCUT2D eigenvalue weighted by Crippen LogP contribution is 2.33. The highest BCUT2D eigenvalue weighted by molar-refractivity contribution is 6.01. The van der Waals surface area contributed by atoms with Crippen molar-refractivity contribution >= 4 is 17.4 Å². The lowest BCUT2D eigenvalue weighted by atomic mass is 10.1. The number of hydrogen-bond donors (Lipinski definition) is 1. The molecule has 0 aliphatic carbocycles. The van der Waals surface area contributed by atoms with Gasteiger partial charge in [0.05, 0.1) is 5.69 Å². The number of anilines is 1. The topological polar surface area (TPSA) is 58.6 Å². The molecule has 0 saturated heterocycles. The summed E-state index contributed by atoms with van der Waals surface area (Å²) in [5.41, 5.74) is 1.31. The van der Waals surface area contributed by atoms with Crippen molar-refractivity contribution in [2.75, 3.05) is 31.6 Å². The number of ether oxygens (including phenoxy) is 1. The molecule has 1 N–H and O–H groups in total. The fourth-order valence-corrected chi connectivity index (χ4v) is 2.11. The van der Waals surface area contributed by atoms with Gasteiger partial charge in [-0.25, -0.2) is 0 Å². The van der Waals surface area contributed by atoms with Crippen molar-refractivity contribution in [2.45, 2.75) is 13.3 Å². The number of fused-ring (bicyclic) bond motifs is 1. The van der Waals surface area contributed by atoms with Crippen molar-refractivity contribution < 1.29 is 14.3 Å². The Balaban J connectivity index is 2.28. The smallest absolute Gasteiger partial charge is 0.265 e. The van der Waals surface area contributed by atoms with Crippen molar-refractivity contribution in [3.63, 3.8) is 0 Å². The lowest BCUT2D eigenvalue weighted by Crippen LogP contribution is -2.38. The molecule has 5 nitrogen and oxygen atoms in total. The molecule has 102 valence electrons. The number of ketones is 1. The summed E-state index contributed by atoms with van der Waals surface area (Å²) in [4.78, 5) is 25.4. The molecule has 19 heavy (non-hydrogen) atoms. The lowest BCUT2D eigenvalue weighted by molar-refractivity contribution is -0.121. The minimum absolute atomic E-state index is 0.0613. The molecule has 1 aromatic rings. The number of hydrogen-bond acceptors (Lipinski definition) is 4. The highest BCUT2D eigenvalue weighted by Gasteiger charge is 2.25. The molecule has 0 radical (unpaired) electrons. The van der Waals surface area contributed by atoms with E-state index in [-0.39, 0.29) is 18.3 Å². The normalized spacial score (nSPS) is 14.0. The highest BCUT2D eigenvalue weighted by atomic mass is 16.5. The molecule has 0 atom stereocenters. The van der Waals surface area contributed by atoms with Gasteiger partial charge in [-0.2, -0.15) is 0 Å². The van der Waals surface area contributed by atoms with Crippen molar-refractivity contribution in [2.24, 2.45) is 0 Å². The van der Waals surface area contributed by atoms with Crippen LogP contribution in [0.4, 0.5) is 5.69 Å². The van der Waals surface area contributed by atoms with Crippen LogP contribution >= 0.6 is 0 Å². The fraction of sp³-hybridized carbons (Fsp3) is 0.429. The van der Waals surface area contributed by atoms with E-state index < -0.39 is 0 Å². The molecular weight excluding hydrogens is 244 g/mol. The number of nitrogens with zero attached hydrogens (tertiary/aromatic N) is 1. The van der Waals surface area contributed by atoms with E-state index in [0.717, 1.165) is 0 Å². The predicted octanol–water partition coefficient (Wildman–Crippen LogP) is 1.22. The van der Waals surface area contributed by atoms with E-state index in [2.05, 4.69) is 5.32 Å². The Morgan fingerprint density at radius 3 is 2.95 bits per heavy atom. The largest absolute Gasteiger partial charge is 0.482 e. The Bertz CT molecular complexity index is 499. The van der Waals surface area contributed by atoms with Gasteiger partial charge in [0.25, 0.3) is 5.91 Å². The minimum atomic E-state index is -0.0742. The van der Waals surface area contributed by atoms with Gasteiger partial charge in [-0.05, 0) is 32.2 Å². The first-order chi connectivity index (χ1) is 9.17. The number of Topliss-reactive ketones (excluding diaryl/α,β-unsaturated/α-hetero) is 1. The summed E-state index contributed by atoms with van der Waals surface area (Å²) < 4.78 is 5.37. The SMILES string of the molecule is CCN1C(=O)COc2ccc(C(=O)CCNC)cc21. The third kappa shape index (κ3) is 2.76. The second kappa shape index (κ2) is 5.84. The van der Waals surface area contributed by atoms with Crippen LogP contribution in [0.1, 0.15) is 23.7 Å². The van der Waals surface area contributed by atoms with Crippen LogP contribution in [0.3, 0.4) is 0 Å². The van der Waals surface area contributed by atoms with Crippen molar-refractivity contribution in [3.8, 4) is 5.75 Å². The molecule has 0 spiro atoms. The summed E-state index contributed by atoms with van der Waals surface area (Å²) in [7, 11) is 1.81. The van der Waals surface area contributed by atoms with Gasteiger partial charge in [0.1, 0.15) is 5.75 Å². The summed E-state index contributed by atoms with van der Waals surface area (Å²) in [6.07, 6.45) is 0.441. The first-order valence-corrected chi connectivity index (χ1v) is 6.42. The van der Waals surface area contributed by atoms with Gasteiger partial charge in [0.15, 0.2) is 12.4 Å². The molecular formula is C14H18N2O3. The number of rotatable bonds is 5. The van der Waals surface area contributed by atoms with Crippen LogP contribution in [0.5, 0.6) is 5.75 Å². The number of benzene rings is 1. The summed E-state index contributed by atoms with van der Waals surface area (Å²) in [5, 5.41) is 2.95. The number of nitrogens with one attached hydrogen (secondary N) is 1. The van der Waals surface area contributed by atoms with Gasteiger partial charge in [0.2, 0.25) is 0 Å². The van der Waals surface area contributed by atoms with Crippen LogP contribution in [0.2, 0.25) is 0 Å². The summed E-state index contributed by atoms with van der Waals surface area (Å²) in [6, 6.07) is 5.26. The molecule has 0 aromatic heterocycles. The van der Waals surface area contributed by atoms with E-state index in [1.165, 1.54) is 0 Å². The maximum atomic E-state index is 12.0. The van der Waals surface area contributed by atoms with Crippen LogP contribution in [0.25, 0.3) is 0 Å². The number of carbonyl (C=O) groups excluding carboxylic acids is 2. The average molecular weight is 262 g/mol. The molecule has 1 amide bonds. The van der Waals surface area contributed by atoms with Gasteiger partial charge in [0, 0.05) is 25.1 Å². The van der Waals surface area contributed by atoms with Crippen LogP contribution in [-0.4, -0.2) is 38.4 Å². The zero-order valence-corrected chi connectivity index (χ0v) is 11.2. The number of carbonyl (C=O) groups is 2. The summed E-state index contributed by atoms with van der Waals surface area (Å²) in [6.45, 7) is 3.18. The van der Waals surface area contributed by atoms with Crippen molar-refractivity contribution in [1.29, 1.82) is 0 Å². The van der Waals surface area contributed by atoms with Crippen LogP contribution in [-0.2, 0) is 4.79 Å². The quantitative estimate of drug-likeness (QED) is 0.811. The zero-order valence-electron chi connectivity index (χ0n) is 11.2. The molecule has 1 heterocycles. The number of likely N-dealkylation sites (N-methyl/N-ethyl adjacent to an activating group) is 1. The molecule has 1 aliphatic rings. The molecule has 2 rings (SSSR count). The van der Waals surface area contributed by atoms with E-state index >= 15 is 0 Å². The maximum Gasteiger partial charge on any atom is 0.265 e. The third-order valence-corrected chi connectivity index (χ3v) is 3.14. The van der Waals surface area contributed by atoms with E-state index in [1.807, 2.05) is 14.0 Å². The summed E-state index contributed by atoms with van der Waals surface area (Å²) in [5.74, 6) is 0.646. The maximum absolute atomic E-state index is 12.0. The predicted molar refractivity (Wildman–Crippen MR) is 72.8 cm³/mol. The monoisotopic (exact) mass is 262 g/mol. The second-order valence-electron chi connectivity index (χ2n) is 4.39. The van der Waals surface area contributed by atoms with Gasteiger partial charge < -0.3 is 15.0 Å². The van der Waals surface area contributed by atoms with Crippen LogP contribution < -0.4 is 15.0 Å². The van der Waals surface area contributed by atoms with E-state index in [9.17, 15) is 9.59 Å². The van der Waals surface area contributed by atoms with Crippen molar-refractivity contribution in [1.82, 2.24) is 5.32 Å². The third-order valence-electron chi connectivity index (χ3n) is 3.14. The molecule has 0 bridgehead atoms. The fourth-order valence-electron chi connectivity index (χ4n) is 2.11. The van der Waals surface area contributed by atoms with Gasteiger partial charge in [-0.3, -0.25) is 9.59 Å².